The zero-order valence-corrected chi connectivity index (χ0v) is 12.2. The lowest BCUT2D eigenvalue weighted by Crippen LogP contribution is -2.26. The molecule has 0 spiro atoms. The summed E-state index contributed by atoms with van der Waals surface area (Å²) in [5.41, 5.74) is 1.98. The molecule has 3 rings (SSSR count). The number of pyridine rings is 1. The van der Waals surface area contributed by atoms with Crippen LogP contribution in [-0.4, -0.2) is 32.2 Å². The van der Waals surface area contributed by atoms with Crippen LogP contribution in [0.2, 0.25) is 0 Å². The third kappa shape index (κ3) is 2.76. The molecule has 6 nitrogen and oxygen atoms in total. The number of rotatable bonds is 4. The molecule has 22 heavy (non-hydrogen) atoms. The lowest BCUT2D eigenvalue weighted by Gasteiger charge is -2.07. The van der Waals surface area contributed by atoms with E-state index in [1.165, 1.54) is 6.07 Å². The largest absolute Gasteiger partial charge is 0.507 e. The van der Waals surface area contributed by atoms with E-state index in [0.29, 0.717) is 13.0 Å². The number of hydrogen-bond donors (Lipinski definition) is 2. The van der Waals surface area contributed by atoms with E-state index in [0.717, 1.165) is 17.0 Å². The van der Waals surface area contributed by atoms with Crippen molar-refractivity contribution in [3.8, 4) is 5.75 Å². The zero-order chi connectivity index (χ0) is 15.5. The molecule has 2 aromatic heterocycles. The molecule has 0 saturated heterocycles. The fourth-order valence-electron chi connectivity index (χ4n) is 2.28. The quantitative estimate of drug-likeness (QED) is 0.768. The van der Waals surface area contributed by atoms with Crippen LogP contribution in [0.1, 0.15) is 21.7 Å². The molecule has 0 atom stereocenters. The van der Waals surface area contributed by atoms with E-state index >= 15 is 0 Å². The molecule has 0 fully saturated rings. The first-order valence-corrected chi connectivity index (χ1v) is 7.01. The molecule has 2 heterocycles. The summed E-state index contributed by atoms with van der Waals surface area (Å²) in [4.78, 5) is 12.1. The third-order valence-corrected chi connectivity index (χ3v) is 3.42. The molecule has 6 heteroatoms. The smallest absolute Gasteiger partial charge is 0.255 e. The maximum atomic E-state index is 12.1. The summed E-state index contributed by atoms with van der Waals surface area (Å²) in [5, 5.41) is 20.7. The van der Waals surface area contributed by atoms with E-state index in [1.54, 1.807) is 12.1 Å². The Morgan fingerprint density at radius 1 is 1.27 bits per heavy atom. The molecule has 1 amide bonds. The molecule has 0 unspecified atom stereocenters. The number of aromatic hydroxyl groups is 1. The second kappa shape index (κ2) is 5.85. The van der Waals surface area contributed by atoms with Gasteiger partial charge in [0.25, 0.3) is 5.91 Å². The van der Waals surface area contributed by atoms with Gasteiger partial charge in [0.2, 0.25) is 0 Å². The topological polar surface area (TPSA) is 79.5 Å². The molecule has 1 aromatic carbocycles. The van der Waals surface area contributed by atoms with Crippen molar-refractivity contribution in [1.29, 1.82) is 0 Å². The minimum Gasteiger partial charge on any atom is -0.507 e. The molecular weight excluding hydrogens is 280 g/mol. The van der Waals surface area contributed by atoms with Crippen molar-refractivity contribution in [3.63, 3.8) is 0 Å². The van der Waals surface area contributed by atoms with Crippen molar-refractivity contribution in [2.75, 3.05) is 6.54 Å². The number of phenolic OH excluding ortho intramolecular Hbond substituents is 1. The highest BCUT2D eigenvalue weighted by Gasteiger charge is 2.11. The number of aromatic nitrogens is 3. The van der Waals surface area contributed by atoms with Crippen molar-refractivity contribution >= 4 is 11.6 Å². The number of nitrogens with one attached hydrogen (secondary N) is 1. The minimum atomic E-state index is -0.296. The van der Waals surface area contributed by atoms with Gasteiger partial charge in [-0.3, -0.25) is 9.20 Å². The normalized spacial score (nSPS) is 10.8. The van der Waals surface area contributed by atoms with Crippen LogP contribution in [0, 0.1) is 6.92 Å². The molecule has 2 N–H and O–H groups in total. The van der Waals surface area contributed by atoms with Crippen molar-refractivity contribution < 1.29 is 9.90 Å². The number of amides is 1. The Kier molecular flexibility index (Phi) is 3.74. The second-order valence-corrected chi connectivity index (χ2v) is 5.07. The van der Waals surface area contributed by atoms with Gasteiger partial charge in [-0.1, -0.05) is 17.7 Å². The molecule has 112 valence electrons. The highest BCUT2D eigenvalue weighted by molar-refractivity contribution is 5.96. The third-order valence-electron chi connectivity index (χ3n) is 3.42. The summed E-state index contributed by atoms with van der Waals surface area (Å²) in [5.74, 6) is 0.468. The molecule has 0 radical (unpaired) electrons. The summed E-state index contributed by atoms with van der Waals surface area (Å²) in [7, 11) is 0. The number of carbonyl (C=O) groups excluding carboxylic acids is 1. The summed E-state index contributed by atoms with van der Waals surface area (Å²) in [6.45, 7) is 2.29. The Hall–Kier alpha value is -2.89. The van der Waals surface area contributed by atoms with E-state index in [2.05, 4.69) is 15.5 Å². The van der Waals surface area contributed by atoms with Crippen molar-refractivity contribution in [1.82, 2.24) is 19.9 Å². The first kappa shape index (κ1) is 14.1. The number of phenols is 1. The van der Waals surface area contributed by atoms with Crippen molar-refractivity contribution in [2.24, 2.45) is 0 Å². The maximum absolute atomic E-state index is 12.1. The number of carbonyl (C=O) groups is 1. The van der Waals surface area contributed by atoms with Gasteiger partial charge in [-0.25, -0.2) is 0 Å². The van der Waals surface area contributed by atoms with Gasteiger partial charge in [0.15, 0.2) is 5.65 Å². The highest BCUT2D eigenvalue weighted by atomic mass is 16.3. The van der Waals surface area contributed by atoms with E-state index in [1.807, 2.05) is 35.7 Å². The Morgan fingerprint density at radius 3 is 3.00 bits per heavy atom. The average Bonchev–Trinajstić information content (AvgIpc) is 2.93. The number of hydrogen-bond acceptors (Lipinski definition) is 4. The van der Waals surface area contributed by atoms with Gasteiger partial charge in [-0.15, -0.1) is 10.2 Å². The molecular formula is C16H16N4O2. The summed E-state index contributed by atoms with van der Waals surface area (Å²) in [6.07, 6.45) is 2.45. The number of fused-ring (bicyclic) bond motifs is 1. The van der Waals surface area contributed by atoms with E-state index in [-0.39, 0.29) is 17.2 Å². The first-order valence-electron chi connectivity index (χ1n) is 7.01. The van der Waals surface area contributed by atoms with Gasteiger partial charge in [0.1, 0.15) is 11.6 Å². The van der Waals surface area contributed by atoms with Gasteiger partial charge in [0.05, 0.1) is 5.56 Å². The van der Waals surface area contributed by atoms with Crippen molar-refractivity contribution in [2.45, 2.75) is 13.3 Å². The van der Waals surface area contributed by atoms with Crippen LogP contribution in [0.3, 0.4) is 0 Å². The second-order valence-electron chi connectivity index (χ2n) is 5.07. The monoisotopic (exact) mass is 296 g/mol. The zero-order valence-electron chi connectivity index (χ0n) is 12.2. The SMILES string of the molecule is Cc1ccc(O)c(C(=O)NCCc2nnc3ccccn23)c1. The van der Waals surface area contributed by atoms with Crippen LogP contribution in [0.5, 0.6) is 5.75 Å². The Morgan fingerprint density at radius 2 is 2.14 bits per heavy atom. The van der Waals surface area contributed by atoms with E-state index in [4.69, 9.17) is 0 Å². The van der Waals surface area contributed by atoms with Gasteiger partial charge >= 0.3 is 0 Å². The van der Waals surface area contributed by atoms with Crippen LogP contribution in [0.4, 0.5) is 0 Å². The summed E-state index contributed by atoms with van der Waals surface area (Å²) < 4.78 is 1.89. The average molecular weight is 296 g/mol. The molecule has 0 bridgehead atoms. The minimum absolute atomic E-state index is 0.0176. The fraction of sp³-hybridized carbons (Fsp3) is 0.188. The Labute approximate surface area is 127 Å². The molecule has 3 aromatic rings. The Bertz CT molecular complexity index is 826. The van der Waals surface area contributed by atoms with Crippen LogP contribution in [-0.2, 0) is 6.42 Å². The molecule has 0 aliphatic rings. The van der Waals surface area contributed by atoms with Crippen LogP contribution in [0.15, 0.2) is 42.6 Å². The summed E-state index contributed by atoms with van der Waals surface area (Å²) >= 11 is 0. The predicted octanol–water partition coefficient (Wildman–Crippen LogP) is 1.72. The molecule has 0 saturated carbocycles. The number of aryl methyl sites for hydroxylation is 1. The van der Waals surface area contributed by atoms with Gasteiger partial charge in [0, 0.05) is 19.2 Å². The van der Waals surface area contributed by atoms with Crippen LogP contribution >= 0.6 is 0 Å². The predicted molar refractivity (Wildman–Crippen MR) is 81.9 cm³/mol. The number of benzene rings is 1. The maximum Gasteiger partial charge on any atom is 0.255 e. The first-order chi connectivity index (χ1) is 10.6. The molecule has 0 aliphatic heterocycles. The lowest BCUT2D eigenvalue weighted by molar-refractivity contribution is 0.0951. The highest BCUT2D eigenvalue weighted by Crippen LogP contribution is 2.17. The van der Waals surface area contributed by atoms with E-state index in [9.17, 15) is 9.90 Å². The van der Waals surface area contributed by atoms with Crippen LogP contribution < -0.4 is 5.32 Å². The lowest BCUT2D eigenvalue weighted by atomic mass is 10.1. The summed E-state index contributed by atoms with van der Waals surface area (Å²) in [6, 6.07) is 10.6. The van der Waals surface area contributed by atoms with Crippen molar-refractivity contribution in [3.05, 3.63) is 59.5 Å². The van der Waals surface area contributed by atoms with Gasteiger partial charge in [-0.05, 0) is 31.2 Å². The van der Waals surface area contributed by atoms with E-state index < -0.39 is 0 Å². The standard InChI is InChI=1S/C16H16N4O2/c1-11-5-6-13(21)12(10-11)16(22)17-8-7-15-19-18-14-4-2-3-9-20(14)15/h2-6,9-10,21H,7-8H2,1H3,(H,17,22). The molecule has 0 aliphatic carbocycles. The van der Waals surface area contributed by atoms with Gasteiger partial charge < -0.3 is 10.4 Å². The fourth-order valence-corrected chi connectivity index (χ4v) is 2.28. The van der Waals surface area contributed by atoms with Gasteiger partial charge in [-0.2, -0.15) is 0 Å². The number of nitrogens with zero attached hydrogens (tertiary/aromatic N) is 3. The Balaban J connectivity index is 1.65. The van der Waals surface area contributed by atoms with Crippen LogP contribution in [0.25, 0.3) is 5.65 Å².